The highest BCUT2D eigenvalue weighted by atomic mass is 35.5. The molecule has 5 amide bonds. The topological polar surface area (TPSA) is 185 Å². The van der Waals surface area contributed by atoms with Gasteiger partial charge in [0.2, 0.25) is 17.7 Å². The summed E-state index contributed by atoms with van der Waals surface area (Å²) in [6, 6.07) is 13.8. The van der Waals surface area contributed by atoms with Crippen molar-refractivity contribution in [3.8, 4) is 22.6 Å². The Morgan fingerprint density at radius 2 is 1.66 bits per heavy atom. The number of urea groups is 1. The molecular formula is C56H63ClF4N8O7. The lowest BCUT2D eigenvalue weighted by Crippen LogP contribution is -2.49. The van der Waals surface area contributed by atoms with Crippen molar-refractivity contribution >= 4 is 52.1 Å². The summed E-state index contributed by atoms with van der Waals surface area (Å²) in [6.07, 6.45) is 5.21. The third-order valence-electron chi connectivity index (χ3n) is 16.8. The van der Waals surface area contributed by atoms with Crippen molar-refractivity contribution in [2.24, 2.45) is 30.5 Å². The molecule has 0 bridgehead atoms. The molecule has 1 aromatic heterocycles. The van der Waals surface area contributed by atoms with Crippen molar-refractivity contribution in [2.75, 3.05) is 63.9 Å². The monoisotopic (exact) mass is 1070 g/mol. The van der Waals surface area contributed by atoms with Crippen molar-refractivity contribution in [1.82, 2.24) is 30.2 Å². The summed E-state index contributed by atoms with van der Waals surface area (Å²) < 4.78 is 78.4. The van der Waals surface area contributed by atoms with Gasteiger partial charge >= 0.3 is 6.03 Å². The summed E-state index contributed by atoms with van der Waals surface area (Å²) in [5.74, 6) is -5.17. The molecule has 5 heterocycles. The average molecular weight is 1070 g/mol. The number of nitrogens with two attached hydrogens (primary N) is 1. The first-order chi connectivity index (χ1) is 36.5. The Balaban J connectivity index is 0.746. The number of likely N-dealkylation sites (tertiary alicyclic amines) is 2. The lowest BCUT2D eigenvalue weighted by atomic mass is 9.77. The smallest absolute Gasteiger partial charge is 0.329 e. The van der Waals surface area contributed by atoms with E-state index in [1.807, 2.05) is 49.1 Å². The van der Waals surface area contributed by atoms with Crippen LogP contribution in [0.15, 0.2) is 54.6 Å². The first-order valence-electron chi connectivity index (χ1n) is 26.3. The molecule has 404 valence electrons. The van der Waals surface area contributed by atoms with Gasteiger partial charge in [-0.2, -0.15) is 5.10 Å². The van der Waals surface area contributed by atoms with Gasteiger partial charge in [0.25, 0.3) is 0 Å². The van der Waals surface area contributed by atoms with Crippen molar-refractivity contribution in [3.05, 3.63) is 105 Å². The number of aliphatic hydroxyl groups excluding tert-OH is 1. The van der Waals surface area contributed by atoms with Crippen LogP contribution in [0.5, 0.6) is 11.5 Å². The van der Waals surface area contributed by atoms with E-state index in [-0.39, 0.29) is 106 Å². The zero-order valence-corrected chi connectivity index (χ0v) is 43.5. The maximum Gasteiger partial charge on any atom is 0.329 e. The Morgan fingerprint density at radius 3 is 2.34 bits per heavy atom. The highest BCUT2D eigenvalue weighted by Gasteiger charge is 2.50. The van der Waals surface area contributed by atoms with Crippen molar-refractivity contribution < 1.29 is 51.3 Å². The Labute approximate surface area is 443 Å². The third kappa shape index (κ3) is 9.76. The number of amides is 5. The number of nitrogens with one attached hydrogen (secondary N) is 2. The molecule has 1 aliphatic carbocycles. The number of aromatic nitrogens is 2. The molecule has 0 spiro atoms. The van der Waals surface area contributed by atoms with Gasteiger partial charge in [-0.15, -0.1) is 0 Å². The van der Waals surface area contributed by atoms with E-state index in [4.69, 9.17) is 26.8 Å². The average Bonchev–Trinajstić information content (AvgIpc) is 3.88. The van der Waals surface area contributed by atoms with Gasteiger partial charge < -0.3 is 35.4 Å². The number of carbonyl (C=O) groups excluding carboxylic acids is 4. The molecule has 4 fully saturated rings. The van der Waals surface area contributed by atoms with Crippen LogP contribution in [0.1, 0.15) is 104 Å². The number of halogens is 5. The maximum absolute atomic E-state index is 16.5. The van der Waals surface area contributed by atoms with Crippen LogP contribution >= 0.6 is 11.6 Å². The molecule has 76 heavy (non-hydrogen) atoms. The molecule has 15 nitrogen and oxygen atoms in total. The van der Waals surface area contributed by atoms with E-state index < -0.39 is 64.3 Å². The minimum Gasteiger partial charge on any atom is -0.488 e. The van der Waals surface area contributed by atoms with Crippen LogP contribution in [0.4, 0.5) is 28.2 Å². The zero-order valence-electron chi connectivity index (χ0n) is 42.8. The highest BCUT2D eigenvalue weighted by Crippen LogP contribution is 2.57. The fraction of sp³-hybridized carbons (Fsp3) is 0.482. The molecule has 0 unspecified atom stereocenters. The summed E-state index contributed by atoms with van der Waals surface area (Å²) >= 11 is 6.72. The van der Waals surface area contributed by atoms with Crippen LogP contribution in [-0.2, 0) is 22.2 Å². The summed E-state index contributed by atoms with van der Waals surface area (Å²) in [4.78, 5) is 56.8. The Morgan fingerprint density at radius 1 is 0.921 bits per heavy atom. The van der Waals surface area contributed by atoms with Crippen molar-refractivity contribution in [3.63, 3.8) is 0 Å². The summed E-state index contributed by atoms with van der Waals surface area (Å²) in [7, 11) is 1.56. The second-order valence-corrected chi connectivity index (χ2v) is 21.7. The number of imide groups is 1. The number of carbonyl (C=O) groups is 4. The fourth-order valence-corrected chi connectivity index (χ4v) is 13.0. The van der Waals surface area contributed by atoms with Gasteiger partial charge in [0.05, 0.1) is 22.6 Å². The van der Waals surface area contributed by atoms with Crippen molar-refractivity contribution in [1.29, 1.82) is 0 Å². The number of hydrogen-bond acceptors (Lipinski definition) is 10. The molecule has 4 aliphatic heterocycles. The minimum atomic E-state index is -1.13. The molecule has 5 aromatic rings. The molecular weight excluding hydrogens is 1010 g/mol. The number of benzene rings is 4. The zero-order chi connectivity index (χ0) is 53.7. The van der Waals surface area contributed by atoms with Crippen LogP contribution in [-0.4, -0.2) is 114 Å². The first kappa shape index (κ1) is 53.1. The predicted octanol–water partition coefficient (Wildman–Crippen LogP) is 8.27. The van der Waals surface area contributed by atoms with Gasteiger partial charge in [-0.3, -0.25) is 29.3 Å². The fourth-order valence-electron chi connectivity index (χ4n) is 12.8. The molecule has 20 heteroatoms. The van der Waals surface area contributed by atoms with Crippen LogP contribution in [0.2, 0.25) is 5.02 Å². The quantitative estimate of drug-likeness (QED) is 0.0790. The number of primary amides is 1. The van der Waals surface area contributed by atoms with Crippen LogP contribution in [0.3, 0.4) is 0 Å². The van der Waals surface area contributed by atoms with Gasteiger partial charge in [0.15, 0.2) is 28.8 Å². The molecule has 3 saturated heterocycles. The predicted molar refractivity (Wildman–Crippen MR) is 277 cm³/mol. The normalized spacial score (nSPS) is 24.4. The van der Waals surface area contributed by atoms with Crippen molar-refractivity contribution in [2.45, 2.75) is 88.7 Å². The SMILES string of the molecule is C[C@H]1CN(CC2CCN(C(=O)C3CCC(NC[C@]4(c5ccccc5)Oc5cc(F)c(Cl)c(-c6c(C(N)=O)ccc(OCCO)c6F)c5[C@@H]4C)CC3)CC2)CC[C@H]1c1c(F)cc2c(N3CCC(=O)NC3=O)nn(C)c2c1F. The number of aryl methyl sites for hydroxylation is 1. The number of ether oxygens (including phenoxy) is 2. The number of nitrogens with zero attached hydrogens (tertiary/aromatic N) is 5. The third-order valence-corrected chi connectivity index (χ3v) is 17.1. The summed E-state index contributed by atoms with van der Waals surface area (Å²) in [5, 5.41) is 19.5. The molecule has 10 rings (SSSR count). The molecule has 5 N–H and O–H groups in total. The Bertz CT molecular complexity index is 3080. The lowest BCUT2D eigenvalue weighted by molar-refractivity contribution is -0.138. The highest BCUT2D eigenvalue weighted by molar-refractivity contribution is 6.34. The number of aliphatic hydroxyl groups is 1. The van der Waals surface area contributed by atoms with E-state index in [2.05, 4.69) is 20.6 Å². The van der Waals surface area contributed by atoms with Gasteiger partial charge in [0, 0.05) is 98.9 Å². The van der Waals surface area contributed by atoms with Crippen LogP contribution in [0.25, 0.3) is 22.0 Å². The Hall–Kier alpha value is -6.28. The minimum absolute atomic E-state index is 0.0301. The molecule has 4 atom stereocenters. The second-order valence-electron chi connectivity index (χ2n) is 21.3. The van der Waals surface area contributed by atoms with Gasteiger partial charge in [0.1, 0.15) is 29.5 Å². The number of hydrogen-bond donors (Lipinski definition) is 4. The second kappa shape index (κ2) is 21.6. The van der Waals surface area contributed by atoms with E-state index in [1.54, 1.807) is 7.05 Å². The van der Waals surface area contributed by atoms with Crippen LogP contribution < -0.4 is 30.7 Å². The number of piperidine rings is 2. The largest absolute Gasteiger partial charge is 0.488 e. The number of anilines is 1. The molecule has 5 aliphatic rings. The number of fused-ring (bicyclic) bond motifs is 2. The molecule has 0 radical (unpaired) electrons. The van der Waals surface area contributed by atoms with E-state index in [1.165, 1.54) is 33.8 Å². The first-order valence-corrected chi connectivity index (χ1v) is 26.7. The summed E-state index contributed by atoms with van der Waals surface area (Å²) in [5.41, 5.74) is 5.32. The molecule has 4 aromatic carbocycles. The van der Waals surface area contributed by atoms with E-state index in [0.717, 1.165) is 37.8 Å². The van der Waals surface area contributed by atoms with Gasteiger partial charge in [-0.25, -0.2) is 22.4 Å². The van der Waals surface area contributed by atoms with Crippen LogP contribution in [0, 0.1) is 41.0 Å². The number of rotatable bonds is 14. The van der Waals surface area contributed by atoms with E-state index in [0.29, 0.717) is 56.9 Å². The maximum atomic E-state index is 16.5. The summed E-state index contributed by atoms with van der Waals surface area (Å²) in [6.45, 7) is 7.14. The standard InChI is InChI=1S/C56H63ClF4N8O7/c1-30-27-67(19-17-36(30)45-39(58)25-38-51(50(45)61)66(3)65-53(38)69-22-18-43(71)64-55(69)74)28-32-15-20-68(21-16-32)54(73)33-9-11-35(12-10-33)63-29-56(34-7-5-4-6-8-34)31(2)44-42(76-56)26-40(59)48(57)47(44)46-37(52(62)72)13-14-41(49(46)60)75-24-23-70/h4-8,13-14,25-26,30-33,35-36,63,70H,9-12,15-24,27-29H2,1-3H3,(H2,62,72)(H,64,71,74)/t30-,31-,33?,35?,36+,56-/m0/s1. The van der Waals surface area contributed by atoms with E-state index in [9.17, 15) is 24.3 Å². The van der Waals surface area contributed by atoms with E-state index >= 15 is 17.6 Å². The molecule has 1 saturated carbocycles. The lowest BCUT2D eigenvalue weighted by Gasteiger charge is -2.41. The van der Waals surface area contributed by atoms with Gasteiger partial charge in [-0.1, -0.05) is 55.8 Å². The Kier molecular flexibility index (Phi) is 15.1. The van der Waals surface area contributed by atoms with Gasteiger partial charge in [-0.05, 0) is 93.0 Å².